The summed E-state index contributed by atoms with van der Waals surface area (Å²) in [6, 6.07) is 21.0. The summed E-state index contributed by atoms with van der Waals surface area (Å²) in [6.07, 6.45) is 1.57. The summed E-state index contributed by atoms with van der Waals surface area (Å²) in [5, 5.41) is 11.7. The Balaban J connectivity index is 1.57. The van der Waals surface area contributed by atoms with Crippen LogP contribution in [-0.2, 0) is 17.7 Å². The lowest BCUT2D eigenvalue weighted by Gasteiger charge is -2.18. The summed E-state index contributed by atoms with van der Waals surface area (Å²) in [7, 11) is 3.35. The Kier molecular flexibility index (Phi) is 7.96. The van der Waals surface area contributed by atoms with E-state index in [0.29, 0.717) is 24.4 Å². The fourth-order valence-corrected chi connectivity index (χ4v) is 4.42. The number of aliphatic hydroxyl groups excluding tert-OH is 1. The maximum atomic E-state index is 12.2. The second-order valence-corrected chi connectivity index (χ2v) is 9.18. The van der Waals surface area contributed by atoms with Gasteiger partial charge >= 0.3 is 5.97 Å². The van der Waals surface area contributed by atoms with Gasteiger partial charge in [0.05, 0.1) is 38.0 Å². The van der Waals surface area contributed by atoms with E-state index in [9.17, 15) is 9.90 Å². The molecule has 0 unspecified atom stereocenters. The lowest BCUT2D eigenvalue weighted by molar-refractivity contribution is 0.0259. The van der Waals surface area contributed by atoms with E-state index in [1.807, 2.05) is 30.5 Å². The van der Waals surface area contributed by atoms with Crippen molar-refractivity contribution >= 4 is 16.9 Å². The number of rotatable bonds is 10. The summed E-state index contributed by atoms with van der Waals surface area (Å²) in [5.74, 6) is 1.47. The first-order valence-electron chi connectivity index (χ1n) is 12.1. The number of methoxy groups -OCH3 is 2. The van der Waals surface area contributed by atoms with Crippen LogP contribution in [0.5, 0.6) is 11.5 Å². The maximum Gasteiger partial charge on any atom is 0.338 e. The number of carbonyl (C=O) groups is 1. The average molecular weight is 488 g/mol. The zero-order valence-corrected chi connectivity index (χ0v) is 21.2. The van der Waals surface area contributed by atoms with Gasteiger partial charge in [-0.05, 0) is 47.4 Å². The normalized spacial score (nSPS) is 12.1. The Labute approximate surface area is 212 Å². The number of hydrogen-bond donors (Lipinski definition) is 1. The molecule has 1 atom stereocenters. The van der Waals surface area contributed by atoms with Gasteiger partial charge < -0.3 is 23.9 Å². The molecule has 0 radical (unpaired) electrons. The van der Waals surface area contributed by atoms with Crippen molar-refractivity contribution in [3.05, 3.63) is 95.2 Å². The molecule has 0 amide bonds. The van der Waals surface area contributed by atoms with E-state index >= 15 is 0 Å². The number of aliphatic hydroxyl groups is 1. The second-order valence-electron chi connectivity index (χ2n) is 9.18. The summed E-state index contributed by atoms with van der Waals surface area (Å²) >= 11 is 0. The Bertz CT molecular complexity index is 1300. The molecule has 0 saturated heterocycles. The SMILES string of the molecule is COc1cc(C(C)C)cc(OC)c1Cn1cc(C[C@H](O)COC(=O)c2ccccc2)c2ccccc21. The molecule has 6 nitrogen and oxygen atoms in total. The molecule has 1 N–H and O–H groups in total. The number of fused-ring (bicyclic) bond motifs is 1. The van der Waals surface area contributed by atoms with Gasteiger partial charge in [-0.2, -0.15) is 0 Å². The van der Waals surface area contributed by atoms with Gasteiger partial charge in [-0.1, -0.05) is 50.2 Å². The van der Waals surface area contributed by atoms with E-state index in [1.165, 1.54) is 0 Å². The van der Waals surface area contributed by atoms with Crippen LogP contribution in [0.4, 0.5) is 0 Å². The Morgan fingerprint density at radius 3 is 2.22 bits per heavy atom. The van der Waals surface area contributed by atoms with Crippen LogP contribution in [0.2, 0.25) is 0 Å². The molecule has 0 aliphatic heterocycles. The van der Waals surface area contributed by atoms with Crippen molar-refractivity contribution in [3.8, 4) is 11.5 Å². The third kappa shape index (κ3) is 5.55. The lowest BCUT2D eigenvalue weighted by Crippen LogP contribution is -2.20. The highest BCUT2D eigenvalue weighted by atomic mass is 16.5. The van der Waals surface area contributed by atoms with Crippen molar-refractivity contribution < 1.29 is 24.1 Å². The van der Waals surface area contributed by atoms with E-state index in [4.69, 9.17) is 14.2 Å². The molecule has 0 aliphatic carbocycles. The van der Waals surface area contributed by atoms with Gasteiger partial charge in [-0.15, -0.1) is 0 Å². The predicted molar refractivity (Wildman–Crippen MR) is 141 cm³/mol. The molecular formula is C30H33NO5. The zero-order chi connectivity index (χ0) is 25.7. The van der Waals surface area contributed by atoms with Crippen LogP contribution >= 0.6 is 0 Å². The number of para-hydroxylation sites is 1. The fourth-order valence-electron chi connectivity index (χ4n) is 4.42. The largest absolute Gasteiger partial charge is 0.496 e. The van der Waals surface area contributed by atoms with Gasteiger partial charge in [0.15, 0.2) is 0 Å². The highest BCUT2D eigenvalue weighted by Crippen LogP contribution is 2.35. The third-order valence-electron chi connectivity index (χ3n) is 6.37. The molecule has 4 rings (SSSR count). The number of carbonyl (C=O) groups excluding carboxylic acids is 1. The number of ether oxygens (including phenoxy) is 3. The number of benzene rings is 3. The van der Waals surface area contributed by atoms with Crippen molar-refractivity contribution in [1.82, 2.24) is 4.57 Å². The molecule has 0 spiro atoms. The predicted octanol–water partition coefficient (Wildman–Crippen LogP) is 5.59. The molecular weight excluding hydrogens is 454 g/mol. The Morgan fingerprint density at radius 2 is 1.58 bits per heavy atom. The zero-order valence-electron chi connectivity index (χ0n) is 21.2. The fraction of sp³-hybridized carbons (Fsp3) is 0.300. The molecule has 188 valence electrons. The summed E-state index contributed by atoms with van der Waals surface area (Å²) < 4.78 is 19.0. The van der Waals surface area contributed by atoms with E-state index in [2.05, 4.69) is 36.6 Å². The molecule has 3 aromatic carbocycles. The Hall–Kier alpha value is -3.77. The van der Waals surface area contributed by atoms with Crippen molar-refractivity contribution in [2.75, 3.05) is 20.8 Å². The third-order valence-corrected chi connectivity index (χ3v) is 6.37. The molecule has 4 aromatic rings. The minimum absolute atomic E-state index is 0.0778. The molecule has 36 heavy (non-hydrogen) atoms. The minimum atomic E-state index is -0.827. The van der Waals surface area contributed by atoms with Crippen LogP contribution in [0.3, 0.4) is 0 Å². The summed E-state index contributed by atoms with van der Waals surface area (Å²) in [5.41, 5.74) is 4.59. The highest BCUT2D eigenvalue weighted by molar-refractivity contribution is 5.89. The summed E-state index contributed by atoms with van der Waals surface area (Å²) in [6.45, 7) is 4.75. The van der Waals surface area contributed by atoms with Crippen LogP contribution in [0.25, 0.3) is 10.9 Å². The van der Waals surface area contributed by atoms with Crippen LogP contribution in [-0.4, -0.2) is 42.6 Å². The van der Waals surface area contributed by atoms with Gasteiger partial charge in [-0.25, -0.2) is 4.79 Å². The van der Waals surface area contributed by atoms with Crippen LogP contribution < -0.4 is 9.47 Å². The first kappa shape index (κ1) is 25.3. The van der Waals surface area contributed by atoms with E-state index in [-0.39, 0.29) is 6.61 Å². The molecule has 1 aromatic heterocycles. The Morgan fingerprint density at radius 1 is 0.944 bits per heavy atom. The minimum Gasteiger partial charge on any atom is -0.496 e. The van der Waals surface area contributed by atoms with Crippen molar-refractivity contribution in [2.24, 2.45) is 0 Å². The quantitative estimate of drug-likeness (QED) is 0.295. The van der Waals surface area contributed by atoms with Crippen molar-refractivity contribution in [3.63, 3.8) is 0 Å². The molecule has 0 saturated carbocycles. The van der Waals surface area contributed by atoms with Crippen molar-refractivity contribution in [2.45, 2.75) is 38.8 Å². The highest BCUT2D eigenvalue weighted by Gasteiger charge is 2.19. The number of aromatic nitrogens is 1. The monoisotopic (exact) mass is 487 g/mol. The lowest BCUT2D eigenvalue weighted by atomic mass is 9.99. The van der Waals surface area contributed by atoms with E-state index in [1.54, 1.807) is 38.5 Å². The number of hydrogen-bond acceptors (Lipinski definition) is 5. The molecule has 0 bridgehead atoms. The molecule has 0 fully saturated rings. The smallest absolute Gasteiger partial charge is 0.338 e. The van der Waals surface area contributed by atoms with Crippen LogP contribution in [0, 0.1) is 0 Å². The van der Waals surface area contributed by atoms with Crippen LogP contribution in [0.15, 0.2) is 72.9 Å². The molecule has 1 heterocycles. The van der Waals surface area contributed by atoms with Gasteiger partial charge in [0.25, 0.3) is 0 Å². The molecule has 0 aliphatic rings. The number of esters is 1. The van der Waals surface area contributed by atoms with Gasteiger partial charge in [-0.3, -0.25) is 0 Å². The van der Waals surface area contributed by atoms with E-state index in [0.717, 1.165) is 39.1 Å². The average Bonchev–Trinajstić information content (AvgIpc) is 3.24. The second kappa shape index (κ2) is 11.3. The first-order chi connectivity index (χ1) is 17.4. The maximum absolute atomic E-state index is 12.2. The van der Waals surface area contributed by atoms with Gasteiger partial charge in [0.2, 0.25) is 0 Å². The van der Waals surface area contributed by atoms with E-state index < -0.39 is 12.1 Å². The van der Waals surface area contributed by atoms with Crippen LogP contribution in [0.1, 0.15) is 46.8 Å². The standard InChI is InChI=1S/C30H33NO5/c1-20(2)22-15-28(34-3)26(29(16-22)35-4)18-31-17-23(25-12-8-9-13-27(25)31)14-24(32)19-36-30(33)21-10-6-5-7-11-21/h5-13,15-17,20,24,32H,14,18-19H2,1-4H3/t24-/m0/s1. The van der Waals surface area contributed by atoms with Crippen molar-refractivity contribution in [1.29, 1.82) is 0 Å². The first-order valence-corrected chi connectivity index (χ1v) is 12.1. The van der Waals surface area contributed by atoms with Gasteiger partial charge in [0, 0.05) is 23.5 Å². The number of nitrogens with zero attached hydrogens (tertiary/aromatic N) is 1. The topological polar surface area (TPSA) is 69.9 Å². The van der Waals surface area contributed by atoms with Gasteiger partial charge in [0.1, 0.15) is 18.1 Å². The molecule has 6 heteroatoms. The summed E-state index contributed by atoms with van der Waals surface area (Å²) in [4.78, 5) is 12.2.